The fourth-order valence-electron chi connectivity index (χ4n) is 1.67. The maximum absolute atomic E-state index is 12.1. The number of hydrogen-bond donors (Lipinski definition) is 2. The molecule has 0 spiro atoms. The number of carbonyl (C=O) groups is 1. The van der Waals surface area contributed by atoms with Gasteiger partial charge >= 0.3 is 0 Å². The van der Waals surface area contributed by atoms with Crippen molar-refractivity contribution in [3.63, 3.8) is 0 Å². The Balaban J connectivity index is 2.95. The van der Waals surface area contributed by atoms with E-state index in [9.17, 15) is 4.79 Å². The summed E-state index contributed by atoms with van der Waals surface area (Å²) in [5, 5.41) is 8.92. The number of rotatable bonds is 5. The monoisotopic (exact) mass is 234 g/mol. The first kappa shape index (κ1) is 13.3. The molecule has 0 heterocycles. The molecule has 1 rings (SSSR count). The highest BCUT2D eigenvalue weighted by atomic mass is 16.3. The van der Waals surface area contributed by atoms with Crippen molar-refractivity contribution in [1.82, 2.24) is 4.90 Å². The first-order valence-electron chi connectivity index (χ1n) is 5.46. The zero-order chi connectivity index (χ0) is 12.8. The Morgan fingerprint density at radius 3 is 2.76 bits per heavy atom. The largest absolute Gasteiger partial charge is 0.399 e. The van der Waals surface area contributed by atoms with Crippen LogP contribution in [0.4, 0.5) is 5.69 Å². The lowest BCUT2D eigenvalue weighted by molar-refractivity contribution is 0.0743. The molecule has 17 heavy (non-hydrogen) atoms. The summed E-state index contributed by atoms with van der Waals surface area (Å²) in [7, 11) is 0. The predicted octanol–water partition coefficient (Wildman–Crippen LogP) is 1.20. The maximum Gasteiger partial charge on any atom is 0.254 e. The number of aryl methyl sites for hydroxylation is 1. The highest BCUT2D eigenvalue weighted by Crippen LogP contribution is 2.13. The average Bonchev–Trinajstić information content (AvgIpc) is 2.26. The van der Waals surface area contributed by atoms with Gasteiger partial charge in [-0.2, -0.15) is 0 Å². The van der Waals surface area contributed by atoms with Crippen LogP contribution in [0.15, 0.2) is 30.9 Å². The van der Waals surface area contributed by atoms with E-state index in [0.29, 0.717) is 24.3 Å². The smallest absolute Gasteiger partial charge is 0.254 e. The Morgan fingerprint density at radius 2 is 2.24 bits per heavy atom. The van der Waals surface area contributed by atoms with E-state index in [-0.39, 0.29) is 12.5 Å². The Hall–Kier alpha value is -1.81. The third-order valence-corrected chi connectivity index (χ3v) is 2.35. The highest BCUT2D eigenvalue weighted by Gasteiger charge is 2.14. The molecule has 0 bridgehead atoms. The lowest BCUT2D eigenvalue weighted by atomic mass is 10.1. The maximum atomic E-state index is 12.1. The zero-order valence-corrected chi connectivity index (χ0v) is 10.0. The molecule has 0 saturated heterocycles. The highest BCUT2D eigenvalue weighted by molar-refractivity contribution is 5.95. The van der Waals surface area contributed by atoms with E-state index in [2.05, 4.69) is 6.58 Å². The van der Waals surface area contributed by atoms with Crippen LogP contribution in [0, 0.1) is 6.92 Å². The van der Waals surface area contributed by atoms with Crippen molar-refractivity contribution in [3.8, 4) is 0 Å². The number of anilines is 1. The Kier molecular flexibility index (Phi) is 4.72. The number of aliphatic hydroxyl groups excluding tert-OH is 1. The van der Waals surface area contributed by atoms with Crippen LogP contribution in [0.2, 0.25) is 0 Å². The van der Waals surface area contributed by atoms with Crippen LogP contribution < -0.4 is 5.73 Å². The number of hydrogen-bond acceptors (Lipinski definition) is 3. The Bertz CT molecular complexity index is 396. The normalized spacial score (nSPS) is 10.0. The van der Waals surface area contributed by atoms with E-state index in [1.54, 1.807) is 24.3 Å². The van der Waals surface area contributed by atoms with Crippen molar-refractivity contribution in [1.29, 1.82) is 0 Å². The van der Waals surface area contributed by atoms with Gasteiger partial charge < -0.3 is 15.7 Å². The number of nitrogens with two attached hydrogens (primary N) is 1. The standard InChI is InChI=1S/C13H18N2O2/c1-3-4-15(5-6-16)13(17)11-7-10(2)8-12(14)9-11/h3,7-9,16H,1,4-6,14H2,2H3. The van der Waals surface area contributed by atoms with Crippen LogP contribution >= 0.6 is 0 Å². The molecular formula is C13H18N2O2. The van der Waals surface area contributed by atoms with Crippen molar-refractivity contribution in [3.05, 3.63) is 42.0 Å². The number of nitrogens with zero attached hydrogens (tertiary/aromatic N) is 1. The minimum absolute atomic E-state index is 0.0686. The minimum atomic E-state index is -0.144. The summed E-state index contributed by atoms with van der Waals surface area (Å²) in [6.07, 6.45) is 1.63. The molecule has 0 radical (unpaired) electrons. The summed E-state index contributed by atoms with van der Waals surface area (Å²) < 4.78 is 0. The lowest BCUT2D eigenvalue weighted by Gasteiger charge is -2.20. The van der Waals surface area contributed by atoms with E-state index < -0.39 is 0 Å². The van der Waals surface area contributed by atoms with Gasteiger partial charge in [-0.3, -0.25) is 4.79 Å². The minimum Gasteiger partial charge on any atom is -0.399 e. The average molecular weight is 234 g/mol. The van der Waals surface area contributed by atoms with Crippen molar-refractivity contribution in [2.45, 2.75) is 6.92 Å². The molecule has 4 nitrogen and oxygen atoms in total. The topological polar surface area (TPSA) is 66.6 Å². The van der Waals surface area contributed by atoms with Gasteiger partial charge in [0.2, 0.25) is 0 Å². The van der Waals surface area contributed by atoms with Gasteiger partial charge in [0.05, 0.1) is 6.61 Å². The fraction of sp³-hybridized carbons (Fsp3) is 0.308. The second-order valence-electron chi connectivity index (χ2n) is 3.90. The molecule has 3 N–H and O–H groups in total. The van der Waals surface area contributed by atoms with Gasteiger partial charge in [0.25, 0.3) is 5.91 Å². The third kappa shape index (κ3) is 3.60. The van der Waals surface area contributed by atoms with Gasteiger partial charge in [-0.1, -0.05) is 6.08 Å². The molecule has 0 aliphatic carbocycles. The third-order valence-electron chi connectivity index (χ3n) is 2.35. The predicted molar refractivity (Wildman–Crippen MR) is 68.8 cm³/mol. The zero-order valence-electron chi connectivity index (χ0n) is 10.0. The molecule has 0 fully saturated rings. The molecule has 0 aliphatic heterocycles. The number of benzene rings is 1. The van der Waals surface area contributed by atoms with Crippen molar-refractivity contribution < 1.29 is 9.90 Å². The van der Waals surface area contributed by atoms with Gasteiger partial charge in [-0.05, 0) is 30.7 Å². The fourth-order valence-corrected chi connectivity index (χ4v) is 1.67. The summed E-state index contributed by atoms with van der Waals surface area (Å²) in [5.74, 6) is -0.144. The van der Waals surface area contributed by atoms with Gasteiger partial charge in [-0.25, -0.2) is 0 Å². The first-order valence-corrected chi connectivity index (χ1v) is 5.46. The second kappa shape index (κ2) is 6.06. The van der Waals surface area contributed by atoms with Gasteiger partial charge in [0.15, 0.2) is 0 Å². The van der Waals surface area contributed by atoms with Crippen LogP contribution in [0.1, 0.15) is 15.9 Å². The van der Waals surface area contributed by atoms with E-state index in [0.717, 1.165) is 5.56 Å². The van der Waals surface area contributed by atoms with Crippen LogP contribution in [-0.2, 0) is 0 Å². The number of carbonyl (C=O) groups excluding carboxylic acids is 1. The lowest BCUT2D eigenvalue weighted by Crippen LogP contribution is -2.33. The molecule has 0 atom stereocenters. The van der Waals surface area contributed by atoms with E-state index in [4.69, 9.17) is 10.8 Å². The van der Waals surface area contributed by atoms with E-state index in [1.165, 1.54) is 4.90 Å². The van der Waals surface area contributed by atoms with Crippen LogP contribution in [0.25, 0.3) is 0 Å². The number of amides is 1. The summed E-state index contributed by atoms with van der Waals surface area (Å²) in [4.78, 5) is 13.7. The summed E-state index contributed by atoms with van der Waals surface area (Å²) in [6, 6.07) is 5.23. The molecule has 4 heteroatoms. The summed E-state index contributed by atoms with van der Waals surface area (Å²) in [5.41, 5.74) is 7.75. The molecule has 1 aromatic rings. The van der Waals surface area contributed by atoms with Gasteiger partial charge in [-0.15, -0.1) is 6.58 Å². The Labute approximate surface area is 101 Å². The molecule has 1 aromatic carbocycles. The van der Waals surface area contributed by atoms with Gasteiger partial charge in [0, 0.05) is 24.3 Å². The Morgan fingerprint density at radius 1 is 1.53 bits per heavy atom. The molecule has 0 aromatic heterocycles. The van der Waals surface area contributed by atoms with Crippen molar-refractivity contribution in [2.24, 2.45) is 0 Å². The molecular weight excluding hydrogens is 216 g/mol. The molecule has 1 amide bonds. The van der Waals surface area contributed by atoms with E-state index >= 15 is 0 Å². The van der Waals surface area contributed by atoms with E-state index in [1.807, 2.05) is 6.92 Å². The summed E-state index contributed by atoms with van der Waals surface area (Å²) in [6.45, 7) is 6.11. The van der Waals surface area contributed by atoms with Crippen molar-refractivity contribution in [2.75, 3.05) is 25.4 Å². The number of nitrogen functional groups attached to an aromatic ring is 1. The van der Waals surface area contributed by atoms with Crippen LogP contribution in [0.3, 0.4) is 0 Å². The van der Waals surface area contributed by atoms with Gasteiger partial charge in [0.1, 0.15) is 0 Å². The first-order chi connectivity index (χ1) is 8.08. The molecule has 0 aliphatic rings. The molecule has 92 valence electrons. The van der Waals surface area contributed by atoms with Crippen LogP contribution in [0.5, 0.6) is 0 Å². The SMILES string of the molecule is C=CCN(CCO)C(=O)c1cc(C)cc(N)c1. The van der Waals surface area contributed by atoms with Crippen molar-refractivity contribution >= 4 is 11.6 Å². The number of aliphatic hydroxyl groups is 1. The quantitative estimate of drug-likeness (QED) is 0.594. The van der Waals surface area contributed by atoms with Crippen LogP contribution in [-0.4, -0.2) is 35.6 Å². The second-order valence-corrected chi connectivity index (χ2v) is 3.90. The molecule has 0 unspecified atom stereocenters. The summed E-state index contributed by atoms with van der Waals surface area (Å²) >= 11 is 0. The molecule has 0 saturated carbocycles.